The summed E-state index contributed by atoms with van der Waals surface area (Å²) in [5.74, 6) is 0.826. The average molecular weight is 460 g/mol. The first-order valence-electron chi connectivity index (χ1n) is 10.4. The smallest absolute Gasteiger partial charge is 0.345 e. The van der Waals surface area contributed by atoms with Crippen LogP contribution in [0.3, 0.4) is 0 Å². The Kier molecular flexibility index (Phi) is 5.94. The fourth-order valence-corrected chi connectivity index (χ4v) is 4.49. The number of alkyl halides is 3. The van der Waals surface area contributed by atoms with Crippen molar-refractivity contribution in [1.29, 1.82) is 0 Å². The molecule has 5 nitrogen and oxygen atoms in total. The molecule has 0 saturated carbocycles. The van der Waals surface area contributed by atoms with Crippen LogP contribution >= 0.6 is 12.2 Å². The van der Waals surface area contributed by atoms with Crippen molar-refractivity contribution in [3.05, 3.63) is 59.9 Å². The van der Waals surface area contributed by atoms with E-state index in [1.165, 1.54) is 12.1 Å². The van der Waals surface area contributed by atoms with Gasteiger partial charge in [-0.15, -0.1) is 0 Å². The van der Waals surface area contributed by atoms with Crippen molar-refractivity contribution in [2.24, 2.45) is 10.9 Å². The van der Waals surface area contributed by atoms with Crippen LogP contribution in [0.1, 0.15) is 44.4 Å². The van der Waals surface area contributed by atoms with Gasteiger partial charge in [-0.05, 0) is 61.3 Å². The van der Waals surface area contributed by atoms with Crippen LogP contribution in [0.5, 0.6) is 0 Å². The molecule has 2 unspecified atom stereocenters. The molecule has 0 amide bonds. The van der Waals surface area contributed by atoms with Crippen LogP contribution in [0.2, 0.25) is 0 Å². The molecular formula is C23H24F3N5S. The van der Waals surface area contributed by atoms with Gasteiger partial charge in [-0.25, -0.2) is 4.98 Å². The second-order valence-electron chi connectivity index (χ2n) is 8.38. The number of H-pyrrole nitrogens is 1. The van der Waals surface area contributed by atoms with E-state index in [0.717, 1.165) is 23.5 Å². The zero-order chi connectivity index (χ0) is 23.0. The Morgan fingerprint density at radius 2 is 1.91 bits per heavy atom. The van der Waals surface area contributed by atoms with Crippen LogP contribution in [0.15, 0.2) is 53.8 Å². The Morgan fingerprint density at radius 1 is 1.16 bits per heavy atom. The Balaban J connectivity index is 1.87. The monoisotopic (exact) mass is 459 g/mol. The van der Waals surface area contributed by atoms with Crippen molar-refractivity contribution >= 4 is 39.9 Å². The molecule has 2 atom stereocenters. The Hall–Kier alpha value is -2.94. The standard InChI is InChI=1S/C23H24F3N5S/c1-13(2)10-14(3)29-21-20(16-6-4-5-7-17(16)23(24,25)26)31(22(32)30-21)15-8-9-18-19(11-15)28-12-27-18/h4-9,11-14,20H,10H2,1-3H3,(H,27,28)(H,29,30,32). The number of aromatic nitrogens is 2. The molecule has 3 aromatic rings. The van der Waals surface area contributed by atoms with Crippen LogP contribution in [0, 0.1) is 5.92 Å². The predicted octanol–water partition coefficient (Wildman–Crippen LogP) is 5.85. The number of amidine groups is 1. The summed E-state index contributed by atoms with van der Waals surface area (Å²) in [5, 5.41) is 3.40. The number of nitrogens with one attached hydrogen (secondary N) is 2. The number of aromatic amines is 1. The molecule has 0 radical (unpaired) electrons. The number of hydrogen-bond donors (Lipinski definition) is 2. The third kappa shape index (κ3) is 4.34. The molecular weight excluding hydrogens is 435 g/mol. The Labute approximate surface area is 189 Å². The predicted molar refractivity (Wildman–Crippen MR) is 125 cm³/mol. The SMILES string of the molecule is CC(C)CC(C)/N=C1\NC(=S)N(c2ccc3nc[nH]c3c2)C1c1ccccc1C(F)(F)F. The summed E-state index contributed by atoms with van der Waals surface area (Å²) in [6.07, 6.45) is -2.12. The van der Waals surface area contributed by atoms with E-state index in [1.807, 2.05) is 19.1 Å². The van der Waals surface area contributed by atoms with E-state index in [2.05, 4.69) is 29.1 Å². The van der Waals surface area contributed by atoms with Gasteiger partial charge < -0.3 is 15.2 Å². The summed E-state index contributed by atoms with van der Waals surface area (Å²) in [4.78, 5) is 13.7. The van der Waals surface area contributed by atoms with Crippen molar-refractivity contribution < 1.29 is 13.2 Å². The normalized spacial score (nSPS) is 19.2. The molecule has 32 heavy (non-hydrogen) atoms. The van der Waals surface area contributed by atoms with Gasteiger partial charge in [-0.3, -0.25) is 4.99 Å². The van der Waals surface area contributed by atoms with Crippen LogP contribution in [-0.2, 0) is 6.18 Å². The second-order valence-corrected chi connectivity index (χ2v) is 8.77. The fraction of sp³-hybridized carbons (Fsp3) is 0.348. The minimum atomic E-state index is -4.51. The van der Waals surface area contributed by atoms with Gasteiger partial charge >= 0.3 is 6.18 Å². The van der Waals surface area contributed by atoms with Crippen molar-refractivity contribution in [3.8, 4) is 0 Å². The maximum absolute atomic E-state index is 13.9. The molecule has 0 aliphatic carbocycles. The highest BCUT2D eigenvalue weighted by Gasteiger charge is 2.42. The molecule has 1 saturated heterocycles. The van der Waals surface area contributed by atoms with Gasteiger partial charge in [-0.2, -0.15) is 13.2 Å². The molecule has 9 heteroatoms. The average Bonchev–Trinajstić information content (AvgIpc) is 3.29. The van der Waals surface area contributed by atoms with Gasteiger partial charge in [-0.1, -0.05) is 32.0 Å². The first-order valence-corrected chi connectivity index (χ1v) is 10.8. The van der Waals surface area contributed by atoms with Crippen LogP contribution in [-0.4, -0.2) is 27.0 Å². The lowest BCUT2D eigenvalue weighted by Crippen LogP contribution is -2.30. The number of halogens is 3. The van der Waals surface area contributed by atoms with Gasteiger partial charge in [0.15, 0.2) is 5.11 Å². The van der Waals surface area contributed by atoms with Crippen molar-refractivity contribution in [3.63, 3.8) is 0 Å². The summed E-state index contributed by atoms with van der Waals surface area (Å²) >= 11 is 5.58. The summed E-state index contributed by atoms with van der Waals surface area (Å²) in [7, 11) is 0. The maximum Gasteiger partial charge on any atom is 0.416 e. The van der Waals surface area contributed by atoms with E-state index in [0.29, 0.717) is 22.6 Å². The van der Waals surface area contributed by atoms with Gasteiger partial charge in [0.25, 0.3) is 0 Å². The number of aliphatic imine (C=N–C) groups is 1. The van der Waals surface area contributed by atoms with Gasteiger partial charge in [0, 0.05) is 11.7 Å². The molecule has 1 aliphatic heterocycles. The molecule has 1 aromatic heterocycles. The minimum Gasteiger partial charge on any atom is -0.345 e. The van der Waals surface area contributed by atoms with Gasteiger partial charge in [0.1, 0.15) is 11.9 Å². The molecule has 1 fully saturated rings. The molecule has 0 spiro atoms. The third-order valence-corrected chi connectivity index (χ3v) is 5.68. The molecule has 2 aromatic carbocycles. The number of anilines is 1. The second kappa shape index (κ2) is 8.54. The number of nitrogens with zero attached hydrogens (tertiary/aromatic N) is 3. The lowest BCUT2D eigenvalue weighted by molar-refractivity contribution is -0.138. The number of imidazole rings is 1. The van der Waals surface area contributed by atoms with E-state index in [9.17, 15) is 13.2 Å². The Morgan fingerprint density at radius 3 is 2.62 bits per heavy atom. The first kappa shape index (κ1) is 22.3. The minimum absolute atomic E-state index is 0.0733. The Bertz CT molecular complexity index is 1170. The topological polar surface area (TPSA) is 56.3 Å². The van der Waals surface area contributed by atoms with E-state index in [-0.39, 0.29) is 11.6 Å². The van der Waals surface area contributed by atoms with E-state index < -0.39 is 17.8 Å². The van der Waals surface area contributed by atoms with Crippen LogP contribution in [0.25, 0.3) is 11.0 Å². The molecule has 168 valence electrons. The quantitative estimate of drug-likeness (QED) is 0.470. The highest BCUT2D eigenvalue weighted by Crippen LogP contribution is 2.40. The molecule has 2 heterocycles. The maximum atomic E-state index is 13.9. The molecule has 4 rings (SSSR count). The number of fused-ring (bicyclic) bond motifs is 1. The molecule has 2 N–H and O–H groups in total. The highest BCUT2D eigenvalue weighted by molar-refractivity contribution is 7.80. The number of thiocarbonyl (C=S) groups is 1. The molecule has 0 bridgehead atoms. The zero-order valence-corrected chi connectivity index (χ0v) is 18.8. The van der Waals surface area contributed by atoms with Crippen molar-refractivity contribution in [2.45, 2.75) is 45.5 Å². The number of rotatable bonds is 5. The number of benzene rings is 2. The summed E-state index contributed by atoms with van der Waals surface area (Å²) in [6, 6.07) is 10.2. The lowest BCUT2D eigenvalue weighted by Gasteiger charge is -2.27. The summed E-state index contributed by atoms with van der Waals surface area (Å²) < 4.78 is 41.8. The first-order chi connectivity index (χ1) is 15.1. The van der Waals surface area contributed by atoms with Gasteiger partial charge in [0.2, 0.25) is 0 Å². The summed E-state index contributed by atoms with van der Waals surface area (Å²) in [5.41, 5.74) is 1.59. The van der Waals surface area contributed by atoms with Gasteiger partial charge in [0.05, 0.1) is 22.9 Å². The zero-order valence-electron chi connectivity index (χ0n) is 17.9. The van der Waals surface area contributed by atoms with Crippen molar-refractivity contribution in [2.75, 3.05) is 4.90 Å². The number of hydrogen-bond acceptors (Lipinski definition) is 3. The third-order valence-electron chi connectivity index (χ3n) is 5.39. The molecule has 1 aliphatic rings. The highest BCUT2D eigenvalue weighted by atomic mass is 32.1. The van der Waals surface area contributed by atoms with E-state index in [1.54, 1.807) is 23.4 Å². The lowest BCUT2D eigenvalue weighted by atomic mass is 9.97. The van der Waals surface area contributed by atoms with Crippen LogP contribution < -0.4 is 10.2 Å². The summed E-state index contributed by atoms with van der Waals surface area (Å²) in [6.45, 7) is 6.14. The van der Waals surface area contributed by atoms with Crippen molar-refractivity contribution in [1.82, 2.24) is 15.3 Å². The largest absolute Gasteiger partial charge is 0.416 e. The van der Waals surface area contributed by atoms with E-state index in [4.69, 9.17) is 17.2 Å². The van der Waals surface area contributed by atoms with Crippen LogP contribution in [0.4, 0.5) is 18.9 Å². The fourth-order valence-electron chi connectivity index (χ4n) is 4.17. The van der Waals surface area contributed by atoms with E-state index >= 15 is 0 Å².